The highest BCUT2D eigenvalue weighted by Gasteiger charge is 2.39. The van der Waals surface area contributed by atoms with Gasteiger partial charge in [-0.2, -0.15) is 0 Å². The fourth-order valence-corrected chi connectivity index (χ4v) is 3.62. The third-order valence-electron chi connectivity index (χ3n) is 3.88. The van der Waals surface area contributed by atoms with Crippen LogP contribution in [0.3, 0.4) is 0 Å². The molecule has 1 fully saturated rings. The van der Waals surface area contributed by atoms with E-state index in [1.54, 1.807) is 0 Å². The van der Waals surface area contributed by atoms with Gasteiger partial charge in [0.05, 0.1) is 6.04 Å². The van der Waals surface area contributed by atoms with E-state index in [-0.39, 0.29) is 23.5 Å². The number of amides is 1. The molecule has 0 aromatic heterocycles. The molecular weight excluding hydrogens is 352 g/mol. The van der Waals surface area contributed by atoms with Crippen LogP contribution in [0.15, 0.2) is 22.7 Å². The minimum absolute atomic E-state index is 0.109. The maximum absolute atomic E-state index is 12.6. The van der Waals surface area contributed by atoms with E-state index in [4.69, 9.17) is 17.3 Å². The lowest BCUT2D eigenvalue weighted by atomic mass is 9.92. The molecule has 2 unspecified atom stereocenters. The molecule has 2 rings (SSSR count). The second-order valence-electron chi connectivity index (χ2n) is 6.60. The van der Waals surface area contributed by atoms with Crippen molar-refractivity contribution in [1.29, 1.82) is 0 Å². The van der Waals surface area contributed by atoms with Crippen molar-refractivity contribution in [2.24, 2.45) is 5.73 Å². The highest BCUT2D eigenvalue weighted by molar-refractivity contribution is 9.10. The molecule has 0 saturated carbocycles. The van der Waals surface area contributed by atoms with Gasteiger partial charge in [-0.1, -0.05) is 27.5 Å². The van der Waals surface area contributed by atoms with Crippen molar-refractivity contribution in [1.82, 2.24) is 4.90 Å². The molecule has 116 valence electrons. The van der Waals surface area contributed by atoms with Gasteiger partial charge in [0.2, 0.25) is 5.91 Å². The standard InChI is InChI=1S/C16H22BrClN2O/c1-16(2,3)20-14(21)6-4-5-13(19)15(20)11-9-10(17)7-8-12(11)18/h7-9,13,15H,4-6,19H2,1-3H3. The molecule has 2 N–H and O–H groups in total. The molecule has 0 aliphatic carbocycles. The zero-order valence-electron chi connectivity index (χ0n) is 12.7. The normalized spacial score (nSPS) is 24.1. The minimum atomic E-state index is -0.296. The molecule has 5 heteroatoms. The van der Waals surface area contributed by atoms with Crippen molar-refractivity contribution in [2.45, 2.75) is 57.7 Å². The number of benzene rings is 1. The number of nitrogens with two attached hydrogens (primary N) is 1. The van der Waals surface area contributed by atoms with E-state index in [0.717, 1.165) is 22.9 Å². The van der Waals surface area contributed by atoms with Crippen LogP contribution < -0.4 is 5.73 Å². The summed E-state index contributed by atoms with van der Waals surface area (Å²) >= 11 is 9.88. The monoisotopic (exact) mass is 372 g/mol. The molecule has 1 aromatic carbocycles. The van der Waals surface area contributed by atoms with Crippen LogP contribution in [0.5, 0.6) is 0 Å². The second kappa shape index (κ2) is 6.27. The summed E-state index contributed by atoms with van der Waals surface area (Å²) in [5, 5.41) is 0.655. The summed E-state index contributed by atoms with van der Waals surface area (Å²) in [6, 6.07) is 5.43. The van der Waals surface area contributed by atoms with Crippen LogP contribution in [-0.2, 0) is 4.79 Å². The molecule has 1 saturated heterocycles. The smallest absolute Gasteiger partial charge is 0.223 e. The lowest BCUT2D eigenvalue weighted by Gasteiger charge is -2.43. The van der Waals surface area contributed by atoms with E-state index in [1.165, 1.54) is 0 Å². The van der Waals surface area contributed by atoms with Gasteiger partial charge in [-0.3, -0.25) is 4.79 Å². The Morgan fingerprint density at radius 1 is 1.38 bits per heavy atom. The lowest BCUT2D eigenvalue weighted by Crippen LogP contribution is -2.51. The fourth-order valence-electron chi connectivity index (χ4n) is 3.02. The van der Waals surface area contributed by atoms with Crippen LogP contribution in [0.4, 0.5) is 0 Å². The van der Waals surface area contributed by atoms with Crippen LogP contribution in [0.1, 0.15) is 51.6 Å². The van der Waals surface area contributed by atoms with Crippen LogP contribution in [0.25, 0.3) is 0 Å². The first-order chi connectivity index (χ1) is 9.71. The summed E-state index contributed by atoms with van der Waals surface area (Å²) in [6.45, 7) is 6.13. The summed E-state index contributed by atoms with van der Waals surface area (Å²) in [5.74, 6) is 0.150. The van der Waals surface area contributed by atoms with Crippen LogP contribution in [0, 0.1) is 0 Å². The molecule has 0 radical (unpaired) electrons. The number of hydrogen-bond acceptors (Lipinski definition) is 2. The number of halogens is 2. The van der Waals surface area contributed by atoms with E-state index in [9.17, 15) is 4.79 Å². The molecule has 0 bridgehead atoms. The summed E-state index contributed by atoms with van der Waals surface area (Å²) in [4.78, 5) is 14.5. The molecule has 2 atom stereocenters. The predicted molar refractivity (Wildman–Crippen MR) is 90.3 cm³/mol. The third-order valence-corrected chi connectivity index (χ3v) is 4.72. The van der Waals surface area contributed by atoms with Gasteiger partial charge in [0, 0.05) is 27.5 Å². The number of rotatable bonds is 1. The molecule has 1 aliphatic rings. The van der Waals surface area contributed by atoms with Gasteiger partial charge in [0.1, 0.15) is 0 Å². The van der Waals surface area contributed by atoms with Gasteiger partial charge >= 0.3 is 0 Å². The van der Waals surface area contributed by atoms with Crippen molar-refractivity contribution < 1.29 is 4.79 Å². The molecule has 1 amide bonds. The Bertz CT molecular complexity index is 542. The Hall–Kier alpha value is -0.580. The van der Waals surface area contributed by atoms with E-state index < -0.39 is 0 Å². The third kappa shape index (κ3) is 3.61. The zero-order chi connectivity index (χ0) is 15.8. The Morgan fingerprint density at radius 2 is 2.05 bits per heavy atom. The van der Waals surface area contributed by atoms with E-state index in [2.05, 4.69) is 15.9 Å². The molecule has 3 nitrogen and oxygen atoms in total. The summed E-state index contributed by atoms with van der Waals surface area (Å²) in [6.07, 6.45) is 2.20. The average molecular weight is 374 g/mol. The maximum Gasteiger partial charge on any atom is 0.223 e. The van der Waals surface area contributed by atoms with E-state index in [0.29, 0.717) is 11.4 Å². The molecule has 1 aromatic rings. The van der Waals surface area contributed by atoms with Crippen molar-refractivity contribution in [2.75, 3.05) is 0 Å². The van der Waals surface area contributed by atoms with E-state index >= 15 is 0 Å². The van der Waals surface area contributed by atoms with Crippen molar-refractivity contribution in [3.05, 3.63) is 33.3 Å². The lowest BCUT2D eigenvalue weighted by molar-refractivity contribution is -0.139. The Balaban J connectivity index is 2.57. The minimum Gasteiger partial charge on any atom is -0.329 e. The Labute approximate surface area is 140 Å². The summed E-state index contributed by atoms with van der Waals surface area (Å²) in [7, 11) is 0. The summed E-state index contributed by atoms with van der Waals surface area (Å²) < 4.78 is 0.944. The van der Waals surface area contributed by atoms with Gasteiger partial charge in [0.15, 0.2) is 0 Å². The molecule has 0 spiro atoms. The van der Waals surface area contributed by atoms with Gasteiger partial charge in [-0.05, 0) is 57.4 Å². The zero-order valence-corrected chi connectivity index (χ0v) is 15.0. The van der Waals surface area contributed by atoms with Gasteiger partial charge in [-0.25, -0.2) is 0 Å². The first-order valence-corrected chi connectivity index (χ1v) is 8.41. The topological polar surface area (TPSA) is 46.3 Å². The quantitative estimate of drug-likeness (QED) is 0.798. The van der Waals surface area contributed by atoms with Gasteiger partial charge in [-0.15, -0.1) is 0 Å². The van der Waals surface area contributed by atoms with Gasteiger partial charge < -0.3 is 10.6 Å². The number of carbonyl (C=O) groups is 1. The number of hydrogen-bond donors (Lipinski definition) is 1. The number of carbonyl (C=O) groups excluding carboxylic acids is 1. The predicted octanol–water partition coefficient (Wildman–Crippen LogP) is 4.28. The number of nitrogens with zero attached hydrogens (tertiary/aromatic N) is 1. The number of likely N-dealkylation sites (tertiary alicyclic amines) is 1. The second-order valence-corrected chi connectivity index (χ2v) is 7.92. The average Bonchev–Trinajstić information content (AvgIpc) is 2.51. The Morgan fingerprint density at radius 3 is 2.67 bits per heavy atom. The molecule has 21 heavy (non-hydrogen) atoms. The van der Waals surface area contributed by atoms with Crippen molar-refractivity contribution in [3.63, 3.8) is 0 Å². The maximum atomic E-state index is 12.6. The summed E-state index contributed by atoms with van der Waals surface area (Å²) in [5.41, 5.74) is 7.04. The fraction of sp³-hybridized carbons (Fsp3) is 0.562. The molecule has 1 aliphatic heterocycles. The highest BCUT2D eigenvalue weighted by Crippen LogP contribution is 2.39. The van der Waals surface area contributed by atoms with Crippen molar-refractivity contribution >= 4 is 33.4 Å². The molecular formula is C16H22BrClN2O. The van der Waals surface area contributed by atoms with Crippen LogP contribution in [0.2, 0.25) is 5.02 Å². The van der Waals surface area contributed by atoms with Gasteiger partial charge in [0.25, 0.3) is 0 Å². The van der Waals surface area contributed by atoms with Crippen LogP contribution in [-0.4, -0.2) is 22.4 Å². The van der Waals surface area contributed by atoms with Crippen molar-refractivity contribution in [3.8, 4) is 0 Å². The highest BCUT2D eigenvalue weighted by atomic mass is 79.9. The van der Waals surface area contributed by atoms with Crippen LogP contribution >= 0.6 is 27.5 Å². The first-order valence-electron chi connectivity index (χ1n) is 7.24. The first kappa shape index (κ1) is 16.8. The SMILES string of the molecule is CC(C)(C)N1C(=O)CCCC(N)C1c1cc(Br)ccc1Cl. The van der Waals surface area contributed by atoms with E-state index in [1.807, 2.05) is 43.9 Å². The largest absolute Gasteiger partial charge is 0.329 e. The molecule has 1 heterocycles. The Kier molecular flexibility index (Phi) is 5.01.